The van der Waals surface area contributed by atoms with Gasteiger partial charge in [0.25, 0.3) is 0 Å². The highest BCUT2D eigenvalue weighted by atomic mass is 14.9. The summed E-state index contributed by atoms with van der Waals surface area (Å²) < 4.78 is 0. The molecule has 17 heavy (non-hydrogen) atoms. The van der Waals surface area contributed by atoms with Gasteiger partial charge in [0.2, 0.25) is 0 Å². The molecule has 1 atom stereocenters. The molecule has 0 amide bonds. The summed E-state index contributed by atoms with van der Waals surface area (Å²) in [5.41, 5.74) is 1.34. The highest BCUT2D eigenvalue weighted by Gasteiger charge is 2.17. The summed E-state index contributed by atoms with van der Waals surface area (Å²) in [5, 5.41) is 3.50. The van der Waals surface area contributed by atoms with E-state index in [-0.39, 0.29) is 0 Å². The van der Waals surface area contributed by atoms with E-state index in [1.165, 1.54) is 11.5 Å². The first-order chi connectivity index (χ1) is 8.38. The largest absolute Gasteiger partial charge is 0.310 e. The summed E-state index contributed by atoms with van der Waals surface area (Å²) in [6, 6.07) is 10.8. The Morgan fingerprint density at radius 2 is 1.82 bits per heavy atom. The molecule has 1 saturated carbocycles. The summed E-state index contributed by atoms with van der Waals surface area (Å²) in [6.07, 6.45) is 11.4. The second kappa shape index (κ2) is 6.61. The van der Waals surface area contributed by atoms with Gasteiger partial charge in [-0.2, -0.15) is 0 Å². The van der Waals surface area contributed by atoms with Gasteiger partial charge >= 0.3 is 0 Å². The van der Waals surface area contributed by atoms with Gasteiger partial charge in [-0.1, -0.05) is 36.4 Å². The third-order valence-electron chi connectivity index (χ3n) is 2.88. The zero-order chi connectivity index (χ0) is 11.9. The van der Waals surface area contributed by atoms with E-state index in [2.05, 4.69) is 61.8 Å². The van der Waals surface area contributed by atoms with Crippen LogP contribution in [0.2, 0.25) is 0 Å². The van der Waals surface area contributed by atoms with Crippen LogP contribution in [0.4, 0.5) is 0 Å². The molecule has 87 valence electrons. The van der Waals surface area contributed by atoms with E-state index in [9.17, 15) is 0 Å². The van der Waals surface area contributed by atoms with Crippen molar-refractivity contribution in [1.82, 2.24) is 5.32 Å². The summed E-state index contributed by atoms with van der Waals surface area (Å²) in [4.78, 5) is 0. The lowest BCUT2D eigenvalue weighted by Gasteiger charge is -2.17. The topological polar surface area (TPSA) is 12.0 Å². The molecule has 1 nitrogen and oxygen atoms in total. The molecule has 0 bridgehead atoms. The lowest BCUT2D eigenvalue weighted by molar-refractivity contribution is 0.609. The van der Waals surface area contributed by atoms with Gasteiger partial charge in [-0.3, -0.25) is 0 Å². The lowest BCUT2D eigenvalue weighted by atomic mass is 10.0. The van der Waals surface area contributed by atoms with E-state index < -0.39 is 0 Å². The predicted octanol–water partition coefficient (Wildman–Crippen LogP) is 2.78. The molecule has 2 rings (SSSR count). The SMILES string of the molecule is C=C[C@H](Cc1ccccc1)NC[C]1[CH][CH][CH][CH]1. The van der Waals surface area contributed by atoms with Crippen LogP contribution in [-0.2, 0) is 6.42 Å². The number of nitrogens with one attached hydrogen (secondary N) is 1. The summed E-state index contributed by atoms with van der Waals surface area (Å²) in [7, 11) is 0. The number of hydrogen-bond acceptors (Lipinski definition) is 1. The fraction of sp³-hybridized carbons (Fsp3) is 0.188. The van der Waals surface area contributed by atoms with Crippen molar-refractivity contribution in [2.75, 3.05) is 6.54 Å². The van der Waals surface area contributed by atoms with Gasteiger partial charge in [0, 0.05) is 12.6 Å². The van der Waals surface area contributed by atoms with Crippen LogP contribution in [-0.4, -0.2) is 12.6 Å². The fourth-order valence-electron chi connectivity index (χ4n) is 1.89. The zero-order valence-corrected chi connectivity index (χ0v) is 9.97. The van der Waals surface area contributed by atoms with E-state index in [0.717, 1.165) is 13.0 Å². The number of rotatable bonds is 6. The maximum Gasteiger partial charge on any atom is 0.0288 e. The third-order valence-corrected chi connectivity index (χ3v) is 2.88. The Balaban J connectivity index is 1.78. The molecule has 1 fully saturated rings. The molecule has 0 spiro atoms. The molecule has 1 aromatic rings. The fourth-order valence-corrected chi connectivity index (χ4v) is 1.89. The summed E-state index contributed by atoms with van der Waals surface area (Å²) in [5.74, 6) is 1.32. The Bertz CT molecular complexity index is 325. The van der Waals surface area contributed by atoms with Crippen molar-refractivity contribution < 1.29 is 0 Å². The van der Waals surface area contributed by atoms with Gasteiger partial charge in [0.1, 0.15) is 0 Å². The highest BCUT2D eigenvalue weighted by Crippen LogP contribution is 2.22. The second-order valence-corrected chi connectivity index (χ2v) is 4.21. The predicted molar refractivity (Wildman–Crippen MR) is 72.6 cm³/mol. The molecule has 1 aliphatic carbocycles. The van der Waals surface area contributed by atoms with Gasteiger partial charge in [-0.05, 0) is 43.6 Å². The van der Waals surface area contributed by atoms with Crippen LogP contribution in [0.5, 0.6) is 0 Å². The lowest BCUT2D eigenvalue weighted by Crippen LogP contribution is -2.32. The van der Waals surface area contributed by atoms with Crippen LogP contribution in [0.15, 0.2) is 43.0 Å². The van der Waals surface area contributed by atoms with Crippen molar-refractivity contribution in [2.45, 2.75) is 12.5 Å². The molecule has 1 aliphatic rings. The maximum atomic E-state index is 3.89. The smallest absolute Gasteiger partial charge is 0.0288 e. The number of hydrogen-bond donors (Lipinski definition) is 1. The average molecular weight is 224 g/mol. The first-order valence-corrected chi connectivity index (χ1v) is 5.99. The van der Waals surface area contributed by atoms with Crippen molar-refractivity contribution in [3.05, 3.63) is 80.2 Å². The average Bonchev–Trinajstić information content (AvgIpc) is 2.89. The Morgan fingerprint density at radius 3 is 2.47 bits per heavy atom. The minimum absolute atomic E-state index is 0.326. The molecule has 0 aromatic heterocycles. The minimum atomic E-state index is 0.326. The molecule has 5 radical (unpaired) electrons. The molecule has 0 heterocycles. The Kier molecular flexibility index (Phi) is 4.81. The van der Waals surface area contributed by atoms with Crippen LogP contribution < -0.4 is 5.32 Å². The highest BCUT2D eigenvalue weighted by molar-refractivity contribution is 5.36. The first-order valence-electron chi connectivity index (χ1n) is 5.99. The Morgan fingerprint density at radius 1 is 1.12 bits per heavy atom. The summed E-state index contributed by atoms with van der Waals surface area (Å²) >= 11 is 0. The Labute approximate surface area is 105 Å². The van der Waals surface area contributed by atoms with E-state index >= 15 is 0 Å². The molecule has 0 saturated heterocycles. The molecule has 1 aromatic carbocycles. The Hall–Kier alpha value is -1.08. The van der Waals surface area contributed by atoms with Crippen LogP contribution in [0.3, 0.4) is 0 Å². The standard InChI is InChI=1S/C16H18N/c1-2-16(12-14-8-4-3-5-9-14)17-13-15-10-6-7-11-15/h2-11,16-17H,1,12-13H2/t16-/m1/s1. The second-order valence-electron chi connectivity index (χ2n) is 4.21. The van der Waals surface area contributed by atoms with Crippen molar-refractivity contribution in [3.8, 4) is 0 Å². The van der Waals surface area contributed by atoms with Crippen molar-refractivity contribution >= 4 is 0 Å². The van der Waals surface area contributed by atoms with Crippen LogP contribution >= 0.6 is 0 Å². The molecular formula is C16H18N. The maximum absolute atomic E-state index is 3.89. The molecular weight excluding hydrogens is 206 g/mol. The first kappa shape index (κ1) is 12.4. The van der Waals surface area contributed by atoms with E-state index in [1.54, 1.807) is 0 Å². The molecule has 0 unspecified atom stereocenters. The normalized spacial score (nSPS) is 18.1. The van der Waals surface area contributed by atoms with E-state index in [1.807, 2.05) is 12.1 Å². The van der Waals surface area contributed by atoms with E-state index in [0.29, 0.717) is 6.04 Å². The number of benzene rings is 1. The van der Waals surface area contributed by atoms with E-state index in [4.69, 9.17) is 0 Å². The van der Waals surface area contributed by atoms with Crippen molar-refractivity contribution in [1.29, 1.82) is 0 Å². The third kappa shape index (κ3) is 4.01. The molecule has 1 N–H and O–H groups in total. The van der Waals surface area contributed by atoms with Gasteiger partial charge < -0.3 is 5.32 Å². The monoisotopic (exact) mass is 224 g/mol. The van der Waals surface area contributed by atoms with Crippen molar-refractivity contribution in [2.24, 2.45) is 0 Å². The van der Waals surface area contributed by atoms with Gasteiger partial charge in [-0.25, -0.2) is 0 Å². The van der Waals surface area contributed by atoms with Crippen LogP contribution in [0, 0.1) is 31.6 Å². The van der Waals surface area contributed by atoms with Crippen LogP contribution in [0.25, 0.3) is 0 Å². The summed E-state index contributed by atoms with van der Waals surface area (Å²) in [6.45, 7) is 4.79. The van der Waals surface area contributed by atoms with Gasteiger partial charge in [0.05, 0.1) is 0 Å². The molecule has 0 aliphatic heterocycles. The van der Waals surface area contributed by atoms with Crippen LogP contribution in [0.1, 0.15) is 5.56 Å². The quantitative estimate of drug-likeness (QED) is 0.733. The zero-order valence-electron chi connectivity index (χ0n) is 9.97. The minimum Gasteiger partial charge on any atom is -0.310 e. The van der Waals surface area contributed by atoms with Gasteiger partial charge in [-0.15, -0.1) is 6.58 Å². The molecule has 1 heteroatoms. The van der Waals surface area contributed by atoms with Crippen molar-refractivity contribution in [3.63, 3.8) is 0 Å². The van der Waals surface area contributed by atoms with Gasteiger partial charge in [0.15, 0.2) is 0 Å².